The maximum atomic E-state index is 5.77. The van der Waals surface area contributed by atoms with E-state index in [1.165, 1.54) is 9.75 Å². The molecule has 1 atom stereocenters. The van der Waals surface area contributed by atoms with Gasteiger partial charge in [-0.3, -0.25) is 4.90 Å². The van der Waals surface area contributed by atoms with Gasteiger partial charge in [-0.2, -0.15) is 0 Å². The van der Waals surface area contributed by atoms with Crippen molar-refractivity contribution in [1.82, 2.24) is 10.2 Å². The molecule has 5 nitrogen and oxygen atoms in total. The van der Waals surface area contributed by atoms with Crippen LogP contribution in [0.2, 0.25) is 0 Å². The average molecular weight is 362 g/mol. The number of nitrogens with zero attached hydrogens (tertiary/aromatic N) is 1. The first-order chi connectivity index (χ1) is 12.2. The molecule has 1 aliphatic rings. The summed E-state index contributed by atoms with van der Waals surface area (Å²) >= 11 is 1.84. The fraction of sp³-hybridized carbons (Fsp3) is 0.474. The first-order valence-corrected chi connectivity index (χ1v) is 9.31. The number of benzene rings is 1. The summed E-state index contributed by atoms with van der Waals surface area (Å²) in [5, 5.41) is 3.43. The van der Waals surface area contributed by atoms with Crippen LogP contribution in [0, 0.1) is 6.92 Å². The number of aryl methyl sites for hydroxylation is 1. The van der Waals surface area contributed by atoms with Gasteiger partial charge in [0, 0.05) is 41.5 Å². The van der Waals surface area contributed by atoms with Crippen molar-refractivity contribution in [2.45, 2.75) is 13.0 Å². The van der Waals surface area contributed by atoms with Crippen LogP contribution in [0.15, 0.2) is 24.3 Å². The Hall–Kier alpha value is -1.76. The minimum atomic E-state index is 0.149. The minimum absolute atomic E-state index is 0.149. The Kier molecular flexibility index (Phi) is 5.83. The minimum Gasteiger partial charge on any atom is -0.493 e. The molecule has 1 fully saturated rings. The van der Waals surface area contributed by atoms with Crippen LogP contribution < -0.4 is 19.5 Å². The zero-order valence-corrected chi connectivity index (χ0v) is 16.1. The van der Waals surface area contributed by atoms with Crippen molar-refractivity contribution in [2.75, 3.05) is 47.5 Å². The van der Waals surface area contributed by atoms with Crippen LogP contribution in [-0.4, -0.2) is 52.4 Å². The van der Waals surface area contributed by atoms with Crippen molar-refractivity contribution in [3.63, 3.8) is 0 Å². The third kappa shape index (κ3) is 3.61. The molecule has 0 spiro atoms. The summed E-state index contributed by atoms with van der Waals surface area (Å²) in [6, 6.07) is 8.62. The van der Waals surface area contributed by atoms with Crippen molar-refractivity contribution in [1.29, 1.82) is 0 Å². The first-order valence-electron chi connectivity index (χ1n) is 8.49. The van der Waals surface area contributed by atoms with Crippen molar-refractivity contribution in [3.8, 4) is 17.2 Å². The van der Waals surface area contributed by atoms with E-state index < -0.39 is 0 Å². The van der Waals surface area contributed by atoms with Gasteiger partial charge in [-0.15, -0.1) is 11.3 Å². The van der Waals surface area contributed by atoms with Gasteiger partial charge in [-0.25, -0.2) is 0 Å². The van der Waals surface area contributed by atoms with Gasteiger partial charge in [0.1, 0.15) is 0 Å². The number of hydrogen-bond donors (Lipinski definition) is 1. The number of rotatable bonds is 6. The molecule has 3 rings (SSSR count). The van der Waals surface area contributed by atoms with Gasteiger partial charge in [0.05, 0.1) is 27.4 Å². The number of nitrogens with one attached hydrogen (secondary N) is 1. The Balaban J connectivity index is 2.12. The van der Waals surface area contributed by atoms with Crippen LogP contribution in [0.25, 0.3) is 0 Å². The zero-order valence-electron chi connectivity index (χ0n) is 15.3. The number of thiophene rings is 1. The number of hydrogen-bond acceptors (Lipinski definition) is 6. The summed E-state index contributed by atoms with van der Waals surface area (Å²) in [4.78, 5) is 5.14. The molecule has 25 heavy (non-hydrogen) atoms. The highest BCUT2D eigenvalue weighted by Gasteiger charge is 2.30. The maximum absolute atomic E-state index is 5.77. The Morgan fingerprint density at radius 1 is 0.960 bits per heavy atom. The largest absolute Gasteiger partial charge is 0.493 e. The average Bonchev–Trinajstić information content (AvgIpc) is 3.08. The molecule has 0 radical (unpaired) electrons. The number of methoxy groups -OCH3 is 3. The Labute approximate surface area is 153 Å². The fourth-order valence-electron chi connectivity index (χ4n) is 3.41. The smallest absolute Gasteiger partial charge is 0.203 e. The molecule has 0 bridgehead atoms. The topological polar surface area (TPSA) is 43.0 Å². The summed E-state index contributed by atoms with van der Waals surface area (Å²) in [5.74, 6) is 2.08. The van der Waals surface area contributed by atoms with Crippen LogP contribution >= 0.6 is 11.3 Å². The van der Waals surface area contributed by atoms with E-state index in [4.69, 9.17) is 14.2 Å². The van der Waals surface area contributed by atoms with E-state index >= 15 is 0 Å². The van der Waals surface area contributed by atoms with E-state index in [1.54, 1.807) is 21.3 Å². The summed E-state index contributed by atoms with van der Waals surface area (Å²) in [6.07, 6.45) is 0. The second-order valence-corrected chi connectivity index (χ2v) is 7.38. The van der Waals surface area contributed by atoms with E-state index in [-0.39, 0.29) is 6.04 Å². The van der Waals surface area contributed by atoms with Gasteiger partial charge < -0.3 is 19.5 Å². The van der Waals surface area contributed by atoms with E-state index in [0.29, 0.717) is 11.5 Å². The van der Waals surface area contributed by atoms with Crippen LogP contribution in [0.1, 0.15) is 21.4 Å². The second-order valence-electron chi connectivity index (χ2n) is 6.06. The molecule has 6 heteroatoms. The number of piperazine rings is 1. The molecule has 2 aromatic rings. The molecular formula is C19H26N2O3S. The molecule has 0 saturated carbocycles. The predicted molar refractivity (Wildman–Crippen MR) is 101 cm³/mol. The Morgan fingerprint density at radius 2 is 1.68 bits per heavy atom. The Morgan fingerprint density at radius 3 is 2.24 bits per heavy atom. The summed E-state index contributed by atoms with van der Waals surface area (Å²) < 4.78 is 16.8. The summed E-state index contributed by atoms with van der Waals surface area (Å²) in [5.41, 5.74) is 1.11. The summed E-state index contributed by atoms with van der Waals surface area (Å²) in [7, 11) is 4.99. The SMILES string of the molecule is COc1ccc(C(c2ccc(C)s2)N2CCNCC2)c(OC)c1OC. The lowest BCUT2D eigenvalue weighted by molar-refractivity contribution is 0.196. The normalized spacial score (nSPS) is 16.5. The molecule has 1 aromatic carbocycles. The molecule has 1 aliphatic heterocycles. The lowest BCUT2D eigenvalue weighted by Gasteiger charge is -2.35. The first kappa shape index (κ1) is 18.0. The van der Waals surface area contributed by atoms with Gasteiger partial charge in [0.15, 0.2) is 11.5 Å². The van der Waals surface area contributed by atoms with Crippen LogP contribution in [0.3, 0.4) is 0 Å². The van der Waals surface area contributed by atoms with Gasteiger partial charge in [-0.05, 0) is 31.2 Å². The zero-order chi connectivity index (χ0) is 17.8. The predicted octanol–water partition coefficient (Wildman–Crippen LogP) is 3.08. The van der Waals surface area contributed by atoms with Gasteiger partial charge >= 0.3 is 0 Å². The molecule has 0 amide bonds. The molecular weight excluding hydrogens is 336 g/mol. The van der Waals surface area contributed by atoms with Crippen molar-refractivity contribution >= 4 is 11.3 Å². The number of ether oxygens (including phenoxy) is 3. The third-order valence-corrected chi connectivity index (χ3v) is 5.63. The molecule has 136 valence electrons. The summed E-state index contributed by atoms with van der Waals surface area (Å²) in [6.45, 7) is 6.14. The van der Waals surface area contributed by atoms with Crippen molar-refractivity contribution in [3.05, 3.63) is 39.6 Å². The van der Waals surface area contributed by atoms with Crippen LogP contribution in [-0.2, 0) is 0 Å². The molecule has 1 aromatic heterocycles. The standard InChI is InChI=1S/C19H26N2O3S/c1-13-5-8-16(25-13)17(21-11-9-20-10-12-21)14-6-7-15(22-2)19(24-4)18(14)23-3/h5-8,17,20H,9-12H2,1-4H3. The van der Waals surface area contributed by atoms with Crippen molar-refractivity contribution < 1.29 is 14.2 Å². The highest BCUT2D eigenvalue weighted by Crippen LogP contribution is 2.46. The molecule has 2 heterocycles. The monoisotopic (exact) mass is 362 g/mol. The highest BCUT2D eigenvalue weighted by molar-refractivity contribution is 7.12. The van der Waals surface area contributed by atoms with E-state index in [2.05, 4.69) is 35.3 Å². The lowest BCUT2D eigenvalue weighted by atomic mass is 10.0. The van der Waals surface area contributed by atoms with Crippen molar-refractivity contribution in [2.24, 2.45) is 0 Å². The third-order valence-electron chi connectivity index (χ3n) is 4.58. The van der Waals surface area contributed by atoms with Crippen LogP contribution in [0.5, 0.6) is 17.2 Å². The quantitative estimate of drug-likeness (QED) is 0.855. The lowest BCUT2D eigenvalue weighted by Crippen LogP contribution is -2.45. The van der Waals surface area contributed by atoms with E-state index in [1.807, 2.05) is 17.4 Å². The fourth-order valence-corrected chi connectivity index (χ4v) is 4.44. The highest BCUT2D eigenvalue weighted by atomic mass is 32.1. The van der Waals surface area contributed by atoms with Gasteiger partial charge in [-0.1, -0.05) is 0 Å². The maximum Gasteiger partial charge on any atom is 0.203 e. The van der Waals surface area contributed by atoms with E-state index in [0.717, 1.165) is 37.5 Å². The molecule has 1 saturated heterocycles. The Bertz CT molecular complexity index is 711. The molecule has 1 unspecified atom stereocenters. The van der Waals surface area contributed by atoms with Gasteiger partial charge in [0.2, 0.25) is 5.75 Å². The van der Waals surface area contributed by atoms with Gasteiger partial charge in [0.25, 0.3) is 0 Å². The van der Waals surface area contributed by atoms with Crippen LogP contribution in [0.4, 0.5) is 0 Å². The second kappa shape index (κ2) is 8.08. The molecule has 1 N–H and O–H groups in total. The van der Waals surface area contributed by atoms with E-state index in [9.17, 15) is 0 Å². The molecule has 0 aliphatic carbocycles.